The summed E-state index contributed by atoms with van der Waals surface area (Å²) in [5.41, 5.74) is -0.861. The van der Waals surface area contributed by atoms with Crippen molar-refractivity contribution in [2.24, 2.45) is 0 Å². The number of carbonyl (C=O) groups excluding carboxylic acids is 1. The Bertz CT molecular complexity index is 1260. The Labute approximate surface area is 191 Å². The molecule has 3 rings (SSSR count). The summed E-state index contributed by atoms with van der Waals surface area (Å²) >= 11 is 5.99. The van der Waals surface area contributed by atoms with Crippen molar-refractivity contribution < 1.29 is 22.3 Å². The predicted octanol–water partition coefficient (Wildman–Crippen LogP) is 4.87. The lowest BCUT2D eigenvalue weighted by Crippen LogP contribution is -2.52. The van der Waals surface area contributed by atoms with Crippen LogP contribution in [0, 0.1) is 5.82 Å². The minimum atomic E-state index is -4.01. The molecule has 0 aliphatic carbocycles. The van der Waals surface area contributed by atoms with Crippen molar-refractivity contribution in [2.45, 2.75) is 32.1 Å². The van der Waals surface area contributed by atoms with E-state index in [0.29, 0.717) is 18.0 Å². The highest BCUT2D eigenvalue weighted by Gasteiger charge is 2.33. The zero-order valence-electron chi connectivity index (χ0n) is 17.9. The Morgan fingerprint density at radius 2 is 1.78 bits per heavy atom. The molecule has 0 radical (unpaired) electrons. The Hall–Kier alpha value is -2.68. The summed E-state index contributed by atoms with van der Waals surface area (Å²) in [7, 11) is -4.01. The van der Waals surface area contributed by atoms with E-state index in [1.807, 2.05) is 31.2 Å². The first-order chi connectivity index (χ1) is 15.0. The Balaban J connectivity index is 1.81. The average molecular weight is 479 g/mol. The summed E-state index contributed by atoms with van der Waals surface area (Å²) in [6.07, 6.45) is 0. The maximum Gasteiger partial charge on any atom is 0.245 e. The van der Waals surface area contributed by atoms with Gasteiger partial charge in [-0.1, -0.05) is 35.9 Å². The van der Waals surface area contributed by atoms with E-state index < -0.39 is 33.0 Å². The second-order valence-corrected chi connectivity index (χ2v) is 9.90. The second kappa shape index (κ2) is 9.44. The molecule has 0 saturated heterocycles. The van der Waals surface area contributed by atoms with E-state index in [-0.39, 0.29) is 10.6 Å². The van der Waals surface area contributed by atoms with Gasteiger partial charge in [0, 0.05) is 21.5 Å². The molecule has 0 aliphatic heterocycles. The molecular formula is C23H24ClFN2O4S. The van der Waals surface area contributed by atoms with Gasteiger partial charge in [0.1, 0.15) is 17.1 Å². The van der Waals surface area contributed by atoms with Gasteiger partial charge in [-0.3, -0.25) is 4.79 Å². The minimum Gasteiger partial charge on any atom is -0.493 e. The lowest BCUT2D eigenvalue weighted by atomic mass is 10.0. The van der Waals surface area contributed by atoms with E-state index in [0.717, 1.165) is 22.9 Å². The van der Waals surface area contributed by atoms with Crippen LogP contribution in [0.15, 0.2) is 54.6 Å². The van der Waals surface area contributed by atoms with Crippen LogP contribution in [0.5, 0.6) is 5.75 Å². The van der Waals surface area contributed by atoms with E-state index in [2.05, 4.69) is 10.0 Å². The molecule has 0 fully saturated rings. The molecule has 0 bridgehead atoms. The number of amides is 1. The van der Waals surface area contributed by atoms with Crippen LogP contribution in [0.1, 0.15) is 26.3 Å². The molecule has 0 spiro atoms. The zero-order valence-corrected chi connectivity index (χ0v) is 19.5. The molecule has 2 N–H and O–H groups in total. The quantitative estimate of drug-likeness (QED) is 0.484. The minimum absolute atomic E-state index is 0.105. The van der Waals surface area contributed by atoms with Gasteiger partial charge in [-0.2, -0.15) is 4.72 Å². The smallest absolute Gasteiger partial charge is 0.245 e. The maximum absolute atomic E-state index is 13.5. The third-order valence-electron chi connectivity index (χ3n) is 4.76. The number of fused-ring (bicyclic) bond motifs is 1. The SMILES string of the molecule is CCOc1ccc(NC(=O)C(C)(C)NS(=O)(=O)Cc2cc(F)ccc2Cl)c2ccccc12. The van der Waals surface area contributed by atoms with Crippen molar-refractivity contribution in [3.05, 3.63) is 71.0 Å². The van der Waals surface area contributed by atoms with Crippen molar-refractivity contribution in [3.63, 3.8) is 0 Å². The van der Waals surface area contributed by atoms with Crippen molar-refractivity contribution in [1.29, 1.82) is 0 Å². The third-order valence-corrected chi connectivity index (χ3v) is 6.64. The first-order valence-electron chi connectivity index (χ1n) is 9.94. The molecule has 0 heterocycles. The Morgan fingerprint density at radius 3 is 2.47 bits per heavy atom. The van der Waals surface area contributed by atoms with Gasteiger partial charge in [0.05, 0.1) is 12.4 Å². The van der Waals surface area contributed by atoms with Gasteiger partial charge in [-0.15, -0.1) is 0 Å². The highest BCUT2D eigenvalue weighted by atomic mass is 35.5. The van der Waals surface area contributed by atoms with Crippen molar-refractivity contribution >= 4 is 44.0 Å². The molecule has 0 aliphatic rings. The molecular weight excluding hydrogens is 455 g/mol. The first-order valence-corrected chi connectivity index (χ1v) is 12.0. The fourth-order valence-electron chi connectivity index (χ4n) is 3.27. The monoisotopic (exact) mass is 478 g/mol. The number of benzene rings is 3. The molecule has 3 aromatic rings. The van der Waals surface area contributed by atoms with Gasteiger partial charge in [0.15, 0.2) is 0 Å². The van der Waals surface area contributed by atoms with Crippen molar-refractivity contribution in [3.8, 4) is 5.75 Å². The number of rotatable bonds is 8. The summed E-state index contributed by atoms with van der Waals surface area (Å²) in [5.74, 6) is -1.03. The Morgan fingerprint density at radius 1 is 1.09 bits per heavy atom. The van der Waals surface area contributed by atoms with Gasteiger partial charge in [0.2, 0.25) is 15.9 Å². The Kier molecular flexibility index (Phi) is 7.07. The molecule has 32 heavy (non-hydrogen) atoms. The molecule has 0 saturated carbocycles. The fourth-order valence-corrected chi connectivity index (χ4v) is 5.12. The van der Waals surface area contributed by atoms with E-state index in [1.165, 1.54) is 19.9 Å². The molecule has 3 aromatic carbocycles. The van der Waals surface area contributed by atoms with Crippen molar-refractivity contribution in [1.82, 2.24) is 4.72 Å². The topological polar surface area (TPSA) is 84.5 Å². The normalized spacial score (nSPS) is 12.0. The lowest BCUT2D eigenvalue weighted by molar-refractivity contribution is -0.120. The van der Waals surface area contributed by atoms with Crippen LogP contribution in [0.3, 0.4) is 0 Å². The van der Waals surface area contributed by atoms with Gasteiger partial charge >= 0.3 is 0 Å². The van der Waals surface area contributed by atoms with Crippen LogP contribution < -0.4 is 14.8 Å². The molecule has 170 valence electrons. The van der Waals surface area contributed by atoms with Crippen LogP contribution in [0.2, 0.25) is 5.02 Å². The number of anilines is 1. The number of hydrogen-bond donors (Lipinski definition) is 2. The standard InChI is InChI=1S/C23H24ClFN2O4S/c1-4-31-21-12-11-20(17-7-5-6-8-18(17)21)26-22(28)23(2,3)27-32(29,30)14-15-13-16(25)9-10-19(15)24/h5-13,27H,4,14H2,1-3H3,(H,26,28). The largest absolute Gasteiger partial charge is 0.493 e. The molecule has 6 nitrogen and oxygen atoms in total. The van der Waals surface area contributed by atoms with E-state index >= 15 is 0 Å². The summed E-state index contributed by atoms with van der Waals surface area (Å²) in [6, 6.07) is 14.4. The van der Waals surface area contributed by atoms with Gasteiger partial charge in [-0.05, 0) is 56.7 Å². The zero-order chi connectivity index (χ0) is 23.5. The van der Waals surface area contributed by atoms with Gasteiger partial charge in [-0.25, -0.2) is 12.8 Å². The number of halogens is 2. The van der Waals surface area contributed by atoms with Crippen LogP contribution >= 0.6 is 11.6 Å². The van der Waals surface area contributed by atoms with Gasteiger partial charge in [0.25, 0.3) is 0 Å². The maximum atomic E-state index is 13.5. The van der Waals surface area contributed by atoms with E-state index in [9.17, 15) is 17.6 Å². The molecule has 0 unspecified atom stereocenters. The highest BCUT2D eigenvalue weighted by molar-refractivity contribution is 7.88. The summed E-state index contributed by atoms with van der Waals surface area (Å²) in [5, 5.41) is 4.51. The predicted molar refractivity (Wildman–Crippen MR) is 125 cm³/mol. The lowest BCUT2D eigenvalue weighted by Gasteiger charge is -2.25. The molecule has 0 atom stereocenters. The number of nitrogens with one attached hydrogen (secondary N) is 2. The highest BCUT2D eigenvalue weighted by Crippen LogP contribution is 2.32. The fraction of sp³-hybridized carbons (Fsp3) is 0.261. The van der Waals surface area contributed by atoms with Crippen LogP contribution in [0.4, 0.5) is 10.1 Å². The number of sulfonamides is 1. The number of hydrogen-bond acceptors (Lipinski definition) is 4. The van der Waals surface area contributed by atoms with Crippen LogP contribution in [-0.4, -0.2) is 26.5 Å². The number of carbonyl (C=O) groups is 1. The number of ether oxygens (including phenoxy) is 1. The molecule has 1 amide bonds. The van der Waals surface area contributed by atoms with Crippen LogP contribution in [-0.2, 0) is 20.6 Å². The van der Waals surface area contributed by atoms with Crippen LogP contribution in [0.25, 0.3) is 10.8 Å². The van der Waals surface area contributed by atoms with Crippen molar-refractivity contribution in [2.75, 3.05) is 11.9 Å². The molecule has 0 aromatic heterocycles. The van der Waals surface area contributed by atoms with E-state index in [1.54, 1.807) is 12.1 Å². The van der Waals surface area contributed by atoms with Gasteiger partial charge < -0.3 is 10.1 Å². The molecule has 9 heteroatoms. The third kappa shape index (κ3) is 5.56. The average Bonchev–Trinajstić information content (AvgIpc) is 2.71. The first kappa shape index (κ1) is 24.0. The summed E-state index contributed by atoms with van der Waals surface area (Å²) in [6.45, 7) is 5.28. The second-order valence-electron chi connectivity index (χ2n) is 7.77. The summed E-state index contributed by atoms with van der Waals surface area (Å²) < 4.78 is 46.9. The van der Waals surface area contributed by atoms with E-state index in [4.69, 9.17) is 16.3 Å². The summed E-state index contributed by atoms with van der Waals surface area (Å²) in [4.78, 5) is 13.0.